The molecule has 0 spiro atoms. The van der Waals surface area contributed by atoms with Crippen LogP contribution in [-0.4, -0.2) is 29.8 Å². The van der Waals surface area contributed by atoms with Gasteiger partial charge >= 0.3 is 0 Å². The quantitative estimate of drug-likeness (QED) is 0.744. The number of likely N-dealkylation sites (tertiary alicyclic amines) is 1. The maximum absolute atomic E-state index is 13.6. The van der Waals surface area contributed by atoms with E-state index < -0.39 is 5.82 Å². The van der Waals surface area contributed by atoms with Gasteiger partial charge in [0.2, 0.25) is 0 Å². The van der Waals surface area contributed by atoms with Crippen molar-refractivity contribution in [3.63, 3.8) is 0 Å². The van der Waals surface area contributed by atoms with Gasteiger partial charge in [0.15, 0.2) is 0 Å². The second-order valence-electron chi connectivity index (χ2n) is 4.54. The second kappa shape index (κ2) is 5.05. The van der Waals surface area contributed by atoms with Crippen LogP contribution in [0, 0.1) is 18.7 Å². The summed E-state index contributed by atoms with van der Waals surface area (Å²) in [5, 5.41) is 0. The Morgan fingerprint density at radius 3 is 3.00 bits per heavy atom. The fraction of sp³-hybridized carbons (Fsp3) is 0.462. The summed E-state index contributed by atoms with van der Waals surface area (Å²) in [5.74, 6) is 0.224. The number of halogens is 2. The Morgan fingerprint density at radius 1 is 1.59 bits per heavy atom. The van der Waals surface area contributed by atoms with Gasteiger partial charge in [0.1, 0.15) is 5.82 Å². The molecule has 0 aromatic heterocycles. The Bertz CT molecular complexity index is 435. The van der Waals surface area contributed by atoms with Crippen molar-refractivity contribution in [2.75, 3.05) is 19.0 Å². The monoisotopic (exact) mass is 255 g/mol. The number of benzene rings is 1. The average Bonchev–Trinajstić information content (AvgIpc) is 2.80. The molecule has 1 aromatic rings. The Hall–Kier alpha value is -1.09. The van der Waals surface area contributed by atoms with Crippen molar-refractivity contribution in [3.8, 4) is 0 Å². The summed E-state index contributed by atoms with van der Waals surface area (Å²) < 4.78 is 13.6. The molecule has 92 valence electrons. The third-order valence-electron chi connectivity index (χ3n) is 3.14. The predicted molar refractivity (Wildman–Crippen MR) is 65.9 cm³/mol. The zero-order valence-corrected chi connectivity index (χ0v) is 10.5. The molecule has 1 atom stereocenters. The van der Waals surface area contributed by atoms with Crippen molar-refractivity contribution < 1.29 is 9.18 Å². The smallest absolute Gasteiger partial charge is 0.256 e. The third-order valence-corrected chi connectivity index (χ3v) is 3.58. The molecule has 1 heterocycles. The van der Waals surface area contributed by atoms with Crippen LogP contribution in [0.3, 0.4) is 0 Å². The first-order valence-electron chi connectivity index (χ1n) is 5.73. The normalized spacial score (nSPS) is 19.7. The van der Waals surface area contributed by atoms with E-state index in [1.165, 1.54) is 6.07 Å². The van der Waals surface area contributed by atoms with Crippen LogP contribution in [0.25, 0.3) is 0 Å². The number of amides is 1. The highest BCUT2D eigenvalue weighted by Crippen LogP contribution is 2.21. The summed E-state index contributed by atoms with van der Waals surface area (Å²) in [7, 11) is 0. The van der Waals surface area contributed by atoms with E-state index in [1.807, 2.05) is 6.92 Å². The van der Waals surface area contributed by atoms with Crippen LogP contribution >= 0.6 is 11.6 Å². The van der Waals surface area contributed by atoms with Gasteiger partial charge in [-0.3, -0.25) is 4.79 Å². The van der Waals surface area contributed by atoms with E-state index in [-0.39, 0.29) is 11.5 Å². The van der Waals surface area contributed by atoms with Gasteiger partial charge in [0.05, 0.1) is 5.56 Å². The summed E-state index contributed by atoms with van der Waals surface area (Å²) in [6.45, 7) is 3.15. The molecule has 0 radical (unpaired) electrons. The lowest BCUT2D eigenvalue weighted by molar-refractivity contribution is 0.0783. The zero-order valence-electron chi connectivity index (χ0n) is 9.75. The molecule has 2 nitrogen and oxygen atoms in total. The fourth-order valence-corrected chi connectivity index (χ4v) is 2.37. The summed E-state index contributed by atoms with van der Waals surface area (Å²) in [5.41, 5.74) is 1.06. The molecule has 17 heavy (non-hydrogen) atoms. The van der Waals surface area contributed by atoms with Crippen LogP contribution in [0.5, 0.6) is 0 Å². The van der Waals surface area contributed by atoms with Crippen molar-refractivity contribution in [2.45, 2.75) is 13.3 Å². The molecule has 0 N–H and O–H groups in total. The van der Waals surface area contributed by atoms with Gasteiger partial charge in [-0.25, -0.2) is 4.39 Å². The molecule has 2 rings (SSSR count). The van der Waals surface area contributed by atoms with Crippen LogP contribution in [-0.2, 0) is 0 Å². The van der Waals surface area contributed by atoms with E-state index in [0.29, 0.717) is 24.9 Å². The molecular weight excluding hydrogens is 241 g/mol. The first-order valence-corrected chi connectivity index (χ1v) is 6.26. The van der Waals surface area contributed by atoms with Crippen molar-refractivity contribution in [2.24, 2.45) is 5.92 Å². The van der Waals surface area contributed by atoms with E-state index in [1.54, 1.807) is 17.0 Å². The lowest BCUT2D eigenvalue weighted by atomic mass is 10.1. The minimum atomic E-state index is -0.449. The minimum Gasteiger partial charge on any atom is -0.338 e. The Balaban J connectivity index is 2.17. The Kier molecular flexibility index (Phi) is 3.67. The first-order chi connectivity index (χ1) is 8.11. The van der Waals surface area contributed by atoms with Crippen LogP contribution in [0.4, 0.5) is 4.39 Å². The third kappa shape index (κ3) is 2.60. The molecule has 1 aliphatic rings. The Labute approximate surface area is 105 Å². The van der Waals surface area contributed by atoms with Crippen molar-refractivity contribution in [1.82, 2.24) is 4.90 Å². The van der Waals surface area contributed by atoms with Crippen LogP contribution in [0.15, 0.2) is 18.2 Å². The molecular formula is C13H15ClFNO. The van der Waals surface area contributed by atoms with E-state index in [9.17, 15) is 9.18 Å². The van der Waals surface area contributed by atoms with Gasteiger partial charge in [-0.2, -0.15) is 0 Å². The molecule has 0 saturated carbocycles. The molecule has 0 bridgehead atoms. The highest BCUT2D eigenvalue weighted by atomic mass is 35.5. The maximum Gasteiger partial charge on any atom is 0.256 e. The number of hydrogen-bond acceptors (Lipinski definition) is 1. The minimum absolute atomic E-state index is 0.167. The topological polar surface area (TPSA) is 20.3 Å². The van der Waals surface area contributed by atoms with Gasteiger partial charge in [0, 0.05) is 19.0 Å². The van der Waals surface area contributed by atoms with Gasteiger partial charge in [-0.1, -0.05) is 11.6 Å². The average molecular weight is 256 g/mol. The van der Waals surface area contributed by atoms with Crippen molar-refractivity contribution in [3.05, 3.63) is 35.1 Å². The fourth-order valence-electron chi connectivity index (χ4n) is 2.12. The van der Waals surface area contributed by atoms with E-state index in [4.69, 9.17) is 11.6 Å². The molecule has 0 aliphatic carbocycles. The SMILES string of the molecule is Cc1ccc(F)c(C(=O)N2CCC(CCl)C2)c1. The number of nitrogens with zero attached hydrogens (tertiary/aromatic N) is 1. The van der Waals surface area contributed by atoms with Gasteiger partial charge in [-0.15, -0.1) is 11.6 Å². The molecule has 4 heteroatoms. The van der Waals surface area contributed by atoms with Gasteiger partial charge in [0.25, 0.3) is 5.91 Å². The van der Waals surface area contributed by atoms with Crippen LogP contribution in [0.1, 0.15) is 22.3 Å². The molecule has 1 unspecified atom stereocenters. The zero-order chi connectivity index (χ0) is 12.4. The number of alkyl halides is 1. The second-order valence-corrected chi connectivity index (χ2v) is 4.85. The molecule has 1 fully saturated rings. The standard InChI is InChI=1S/C13H15ClFNO/c1-9-2-3-12(15)11(6-9)13(17)16-5-4-10(7-14)8-16/h2-3,6,10H,4-5,7-8H2,1H3. The molecule has 1 aromatic carbocycles. The van der Waals surface area contributed by atoms with Crippen molar-refractivity contribution in [1.29, 1.82) is 0 Å². The predicted octanol–water partition coefficient (Wildman–Crippen LogP) is 2.84. The highest BCUT2D eigenvalue weighted by molar-refractivity contribution is 6.18. The summed E-state index contributed by atoms with van der Waals surface area (Å²) in [4.78, 5) is 13.8. The van der Waals surface area contributed by atoms with Crippen LogP contribution in [0.2, 0.25) is 0 Å². The lowest BCUT2D eigenvalue weighted by Gasteiger charge is -2.16. The van der Waals surface area contributed by atoms with E-state index in [2.05, 4.69) is 0 Å². The molecule has 1 aliphatic heterocycles. The molecule has 1 amide bonds. The maximum atomic E-state index is 13.6. The van der Waals surface area contributed by atoms with E-state index in [0.717, 1.165) is 12.0 Å². The highest BCUT2D eigenvalue weighted by Gasteiger charge is 2.27. The van der Waals surface area contributed by atoms with Crippen LogP contribution < -0.4 is 0 Å². The summed E-state index contributed by atoms with van der Waals surface area (Å²) in [6, 6.07) is 4.61. The number of carbonyl (C=O) groups excluding carboxylic acids is 1. The first kappa shape index (κ1) is 12.4. The molecule has 1 saturated heterocycles. The number of aryl methyl sites for hydroxylation is 1. The largest absolute Gasteiger partial charge is 0.338 e. The number of carbonyl (C=O) groups is 1. The lowest BCUT2D eigenvalue weighted by Crippen LogP contribution is -2.29. The van der Waals surface area contributed by atoms with Crippen molar-refractivity contribution >= 4 is 17.5 Å². The van der Waals surface area contributed by atoms with Gasteiger partial charge < -0.3 is 4.90 Å². The number of rotatable bonds is 2. The van der Waals surface area contributed by atoms with E-state index >= 15 is 0 Å². The summed E-state index contributed by atoms with van der Waals surface area (Å²) in [6.07, 6.45) is 0.905. The van der Waals surface area contributed by atoms with Gasteiger partial charge in [-0.05, 0) is 31.4 Å². The summed E-state index contributed by atoms with van der Waals surface area (Å²) >= 11 is 5.77. The number of hydrogen-bond donors (Lipinski definition) is 0. The Morgan fingerprint density at radius 2 is 2.35 bits per heavy atom.